The van der Waals surface area contributed by atoms with Crippen LogP contribution in [0.2, 0.25) is 0 Å². The van der Waals surface area contributed by atoms with Gasteiger partial charge in [-0.1, -0.05) is 6.92 Å². The third-order valence-electron chi connectivity index (χ3n) is 3.87. The Morgan fingerprint density at radius 3 is 2.90 bits per heavy atom. The number of hydrogen-bond acceptors (Lipinski definition) is 3. The molecule has 1 aliphatic heterocycles. The van der Waals surface area contributed by atoms with E-state index in [-0.39, 0.29) is 5.91 Å². The van der Waals surface area contributed by atoms with Crippen molar-refractivity contribution in [2.45, 2.75) is 45.1 Å². The molecule has 0 spiro atoms. The SMILES string of the molecule is CCCN(C(=O)CCc1ccncc1)C1CCCNC1. The molecular weight excluding hydrogens is 250 g/mol. The molecule has 2 heterocycles. The Kier molecular flexibility index (Phi) is 5.99. The summed E-state index contributed by atoms with van der Waals surface area (Å²) in [5.41, 5.74) is 1.19. The summed E-state index contributed by atoms with van der Waals surface area (Å²) in [4.78, 5) is 18.6. The number of aromatic nitrogens is 1. The number of pyridine rings is 1. The molecule has 0 bridgehead atoms. The van der Waals surface area contributed by atoms with Gasteiger partial charge < -0.3 is 10.2 Å². The molecule has 0 aromatic carbocycles. The minimum absolute atomic E-state index is 0.289. The number of carbonyl (C=O) groups excluding carboxylic acids is 1. The molecule has 4 nitrogen and oxygen atoms in total. The molecule has 1 aliphatic rings. The van der Waals surface area contributed by atoms with E-state index < -0.39 is 0 Å². The molecular formula is C16H25N3O. The molecule has 1 N–H and O–H groups in total. The van der Waals surface area contributed by atoms with Gasteiger partial charge in [-0.15, -0.1) is 0 Å². The summed E-state index contributed by atoms with van der Waals surface area (Å²) in [6.45, 7) is 5.05. The average Bonchev–Trinajstić information content (AvgIpc) is 2.52. The highest BCUT2D eigenvalue weighted by Gasteiger charge is 2.24. The van der Waals surface area contributed by atoms with Crippen molar-refractivity contribution in [2.24, 2.45) is 0 Å². The monoisotopic (exact) mass is 275 g/mol. The lowest BCUT2D eigenvalue weighted by Gasteiger charge is -2.34. The van der Waals surface area contributed by atoms with Gasteiger partial charge in [0, 0.05) is 37.9 Å². The number of piperidine rings is 1. The average molecular weight is 275 g/mol. The Labute approximate surface area is 121 Å². The number of carbonyl (C=O) groups is 1. The normalized spacial score (nSPS) is 18.8. The standard InChI is InChI=1S/C16H25N3O/c1-2-12-19(15-4-3-9-18-13-15)16(20)6-5-14-7-10-17-11-8-14/h7-8,10-11,15,18H,2-6,9,12-13H2,1H3. The minimum Gasteiger partial charge on any atom is -0.338 e. The summed E-state index contributed by atoms with van der Waals surface area (Å²) in [7, 11) is 0. The van der Waals surface area contributed by atoms with E-state index in [4.69, 9.17) is 0 Å². The highest BCUT2D eigenvalue weighted by atomic mass is 16.2. The Morgan fingerprint density at radius 2 is 2.25 bits per heavy atom. The van der Waals surface area contributed by atoms with Gasteiger partial charge in [0.1, 0.15) is 0 Å². The first kappa shape index (κ1) is 15.0. The number of nitrogens with zero attached hydrogens (tertiary/aromatic N) is 2. The van der Waals surface area contributed by atoms with Crippen LogP contribution in [0, 0.1) is 0 Å². The molecule has 4 heteroatoms. The van der Waals surface area contributed by atoms with Crippen LogP contribution in [-0.4, -0.2) is 41.5 Å². The predicted octanol–water partition coefficient (Wildman–Crippen LogP) is 2.00. The van der Waals surface area contributed by atoms with E-state index in [1.807, 2.05) is 12.1 Å². The molecule has 1 saturated heterocycles. The van der Waals surface area contributed by atoms with Gasteiger partial charge in [0.05, 0.1) is 0 Å². The van der Waals surface area contributed by atoms with E-state index in [9.17, 15) is 4.79 Å². The molecule has 2 rings (SSSR count). The summed E-state index contributed by atoms with van der Waals surface area (Å²) in [6, 6.07) is 4.35. The number of amides is 1. The molecule has 1 aromatic rings. The molecule has 0 aliphatic carbocycles. The maximum atomic E-state index is 12.5. The van der Waals surface area contributed by atoms with Crippen LogP contribution in [0.3, 0.4) is 0 Å². The minimum atomic E-state index is 0.289. The van der Waals surface area contributed by atoms with Crippen molar-refractivity contribution in [3.63, 3.8) is 0 Å². The fraction of sp³-hybridized carbons (Fsp3) is 0.625. The largest absolute Gasteiger partial charge is 0.338 e. The number of nitrogens with one attached hydrogen (secondary N) is 1. The van der Waals surface area contributed by atoms with Gasteiger partial charge in [0.2, 0.25) is 5.91 Å². The van der Waals surface area contributed by atoms with Crippen LogP contribution in [0.5, 0.6) is 0 Å². The van der Waals surface area contributed by atoms with Crippen molar-refractivity contribution >= 4 is 5.91 Å². The lowest BCUT2D eigenvalue weighted by molar-refractivity contribution is -0.133. The first-order valence-corrected chi connectivity index (χ1v) is 7.70. The van der Waals surface area contributed by atoms with Gasteiger partial charge in [-0.25, -0.2) is 0 Å². The Bertz CT molecular complexity index is 401. The zero-order valence-electron chi connectivity index (χ0n) is 12.3. The van der Waals surface area contributed by atoms with Gasteiger partial charge in [-0.2, -0.15) is 0 Å². The van der Waals surface area contributed by atoms with Crippen molar-refractivity contribution in [1.82, 2.24) is 15.2 Å². The molecule has 1 amide bonds. The maximum absolute atomic E-state index is 12.5. The second-order valence-electron chi connectivity index (χ2n) is 5.44. The first-order chi connectivity index (χ1) is 9.81. The zero-order valence-corrected chi connectivity index (χ0v) is 12.3. The highest BCUT2D eigenvalue weighted by Crippen LogP contribution is 2.13. The molecule has 1 fully saturated rings. The fourth-order valence-electron chi connectivity index (χ4n) is 2.80. The van der Waals surface area contributed by atoms with E-state index in [0.29, 0.717) is 12.5 Å². The number of rotatable bonds is 6. The predicted molar refractivity (Wildman–Crippen MR) is 80.5 cm³/mol. The topological polar surface area (TPSA) is 45.2 Å². The molecule has 1 aromatic heterocycles. The molecule has 1 atom stereocenters. The van der Waals surface area contributed by atoms with Gasteiger partial charge in [-0.05, 0) is 49.9 Å². The van der Waals surface area contributed by atoms with Crippen molar-refractivity contribution in [2.75, 3.05) is 19.6 Å². The maximum Gasteiger partial charge on any atom is 0.223 e. The van der Waals surface area contributed by atoms with Gasteiger partial charge in [0.25, 0.3) is 0 Å². The smallest absolute Gasteiger partial charge is 0.223 e. The first-order valence-electron chi connectivity index (χ1n) is 7.70. The lowest BCUT2D eigenvalue weighted by atomic mass is 10.0. The van der Waals surface area contributed by atoms with Crippen LogP contribution in [0.15, 0.2) is 24.5 Å². The van der Waals surface area contributed by atoms with Crippen LogP contribution < -0.4 is 5.32 Å². The number of hydrogen-bond donors (Lipinski definition) is 1. The Balaban J connectivity index is 1.89. The van der Waals surface area contributed by atoms with Crippen molar-refractivity contribution in [1.29, 1.82) is 0 Å². The molecule has 1 unspecified atom stereocenters. The Hall–Kier alpha value is -1.42. The van der Waals surface area contributed by atoms with Crippen molar-refractivity contribution in [3.05, 3.63) is 30.1 Å². The van der Waals surface area contributed by atoms with Crippen LogP contribution in [0.4, 0.5) is 0 Å². The van der Waals surface area contributed by atoms with Crippen LogP contribution in [0.1, 0.15) is 38.2 Å². The highest BCUT2D eigenvalue weighted by molar-refractivity contribution is 5.76. The van der Waals surface area contributed by atoms with Gasteiger partial charge in [0.15, 0.2) is 0 Å². The van der Waals surface area contributed by atoms with Gasteiger partial charge >= 0.3 is 0 Å². The summed E-state index contributed by atoms with van der Waals surface area (Å²) >= 11 is 0. The van der Waals surface area contributed by atoms with E-state index in [2.05, 4.69) is 22.1 Å². The Morgan fingerprint density at radius 1 is 1.45 bits per heavy atom. The second-order valence-corrected chi connectivity index (χ2v) is 5.44. The molecule has 0 saturated carbocycles. The summed E-state index contributed by atoms with van der Waals surface area (Å²) in [5, 5.41) is 3.40. The van der Waals surface area contributed by atoms with Gasteiger partial charge in [-0.3, -0.25) is 9.78 Å². The van der Waals surface area contributed by atoms with E-state index >= 15 is 0 Å². The van der Waals surface area contributed by atoms with E-state index in [0.717, 1.165) is 38.9 Å². The van der Waals surface area contributed by atoms with Crippen molar-refractivity contribution < 1.29 is 4.79 Å². The summed E-state index contributed by atoms with van der Waals surface area (Å²) in [5.74, 6) is 0.289. The molecule has 110 valence electrons. The molecule has 20 heavy (non-hydrogen) atoms. The third-order valence-corrected chi connectivity index (χ3v) is 3.87. The third kappa shape index (κ3) is 4.30. The molecule has 0 radical (unpaired) electrons. The summed E-state index contributed by atoms with van der Waals surface area (Å²) < 4.78 is 0. The van der Waals surface area contributed by atoms with Crippen LogP contribution >= 0.6 is 0 Å². The van der Waals surface area contributed by atoms with E-state index in [1.165, 1.54) is 12.0 Å². The lowest BCUT2D eigenvalue weighted by Crippen LogP contribution is -2.49. The quantitative estimate of drug-likeness (QED) is 0.863. The zero-order chi connectivity index (χ0) is 14.2. The fourth-order valence-corrected chi connectivity index (χ4v) is 2.80. The van der Waals surface area contributed by atoms with Crippen LogP contribution in [-0.2, 0) is 11.2 Å². The number of aryl methyl sites for hydroxylation is 1. The van der Waals surface area contributed by atoms with Crippen LogP contribution in [0.25, 0.3) is 0 Å². The van der Waals surface area contributed by atoms with E-state index in [1.54, 1.807) is 12.4 Å². The summed E-state index contributed by atoms with van der Waals surface area (Å²) in [6.07, 6.45) is 8.31. The van der Waals surface area contributed by atoms with Crippen molar-refractivity contribution in [3.8, 4) is 0 Å². The second kappa shape index (κ2) is 8.00.